The van der Waals surface area contributed by atoms with Crippen molar-refractivity contribution in [1.29, 1.82) is 0 Å². The summed E-state index contributed by atoms with van der Waals surface area (Å²) in [6.07, 6.45) is 2.35. The minimum absolute atomic E-state index is 0.0854. The summed E-state index contributed by atoms with van der Waals surface area (Å²) in [5, 5.41) is 2.95. The lowest BCUT2D eigenvalue weighted by Gasteiger charge is -2.36. The van der Waals surface area contributed by atoms with Crippen LogP contribution in [0.4, 0.5) is 25.1 Å². The van der Waals surface area contributed by atoms with E-state index in [0.717, 1.165) is 0 Å². The predicted molar refractivity (Wildman–Crippen MR) is 137 cm³/mol. The van der Waals surface area contributed by atoms with E-state index in [2.05, 4.69) is 10.3 Å². The number of piperazine rings is 1. The highest BCUT2D eigenvalue weighted by Gasteiger charge is 2.36. The van der Waals surface area contributed by atoms with Gasteiger partial charge in [-0.3, -0.25) is 4.79 Å². The molecule has 1 aromatic carbocycles. The van der Waals surface area contributed by atoms with Gasteiger partial charge in [-0.1, -0.05) is 39.0 Å². The number of rotatable bonds is 4. The Labute approximate surface area is 211 Å². The van der Waals surface area contributed by atoms with Gasteiger partial charge in [0, 0.05) is 62.9 Å². The highest BCUT2D eigenvalue weighted by atomic mass is 19.1. The molecule has 4 rings (SSSR count). The number of urea groups is 1. The number of alkyl halides is 1. The molecule has 2 aliphatic rings. The number of amides is 3. The molecular weight excluding hydrogens is 464 g/mol. The van der Waals surface area contributed by atoms with E-state index in [1.54, 1.807) is 52.1 Å². The lowest BCUT2D eigenvalue weighted by atomic mass is 9.91. The van der Waals surface area contributed by atoms with Gasteiger partial charge in [0.1, 0.15) is 11.5 Å². The van der Waals surface area contributed by atoms with Crippen molar-refractivity contribution in [2.24, 2.45) is 5.41 Å². The van der Waals surface area contributed by atoms with E-state index in [1.807, 2.05) is 20.8 Å². The van der Waals surface area contributed by atoms with Gasteiger partial charge in [0.2, 0.25) is 5.91 Å². The molecule has 0 bridgehead atoms. The number of anilines is 2. The first kappa shape index (κ1) is 25.9. The van der Waals surface area contributed by atoms with Crippen LogP contribution in [0, 0.1) is 11.2 Å². The molecule has 7 nitrogen and oxygen atoms in total. The Hall–Kier alpha value is -3.23. The molecule has 1 atom stereocenters. The van der Waals surface area contributed by atoms with Gasteiger partial charge >= 0.3 is 6.03 Å². The Bertz CT molecular complexity index is 1120. The van der Waals surface area contributed by atoms with Crippen molar-refractivity contribution in [3.05, 3.63) is 42.3 Å². The topological polar surface area (TPSA) is 68.8 Å². The van der Waals surface area contributed by atoms with Crippen LogP contribution in [0.2, 0.25) is 0 Å². The van der Waals surface area contributed by atoms with Crippen molar-refractivity contribution in [1.82, 2.24) is 14.8 Å². The first-order chi connectivity index (χ1) is 16.9. The fourth-order valence-electron chi connectivity index (χ4n) is 4.73. The van der Waals surface area contributed by atoms with Crippen molar-refractivity contribution >= 4 is 23.4 Å². The summed E-state index contributed by atoms with van der Waals surface area (Å²) in [5.74, 6) is 0.0830. The Kier molecular flexibility index (Phi) is 7.20. The fourth-order valence-corrected chi connectivity index (χ4v) is 4.73. The summed E-state index contributed by atoms with van der Waals surface area (Å²) < 4.78 is 29.4. The van der Waals surface area contributed by atoms with Crippen LogP contribution in [0.15, 0.2) is 36.5 Å². The molecule has 36 heavy (non-hydrogen) atoms. The quantitative estimate of drug-likeness (QED) is 0.647. The number of carbonyl (C=O) groups is 2. The Morgan fingerprint density at radius 2 is 1.69 bits per heavy atom. The van der Waals surface area contributed by atoms with Crippen molar-refractivity contribution in [2.45, 2.75) is 46.2 Å². The van der Waals surface area contributed by atoms with Gasteiger partial charge < -0.3 is 20.0 Å². The number of carbonyl (C=O) groups excluding carboxylic acids is 2. The maximum absolute atomic E-state index is 14.8. The summed E-state index contributed by atoms with van der Waals surface area (Å²) in [7, 11) is 0. The summed E-state index contributed by atoms with van der Waals surface area (Å²) in [6.45, 7) is 9.89. The van der Waals surface area contributed by atoms with Crippen LogP contribution < -0.4 is 10.2 Å². The highest BCUT2D eigenvalue weighted by Crippen LogP contribution is 2.39. The van der Waals surface area contributed by atoms with E-state index < -0.39 is 11.5 Å². The molecule has 0 saturated carbocycles. The van der Waals surface area contributed by atoms with Gasteiger partial charge in [0.05, 0.1) is 12.2 Å². The van der Waals surface area contributed by atoms with Crippen molar-refractivity contribution in [3.63, 3.8) is 0 Å². The minimum atomic E-state index is -1.37. The van der Waals surface area contributed by atoms with Crippen LogP contribution in [0.5, 0.6) is 0 Å². The number of nitrogens with zero attached hydrogens (tertiary/aromatic N) is 4. The third kappa shape index (κ3) is 5.94. The molecule has 1 N–H and O–H groups in total. The van der Waals surface area contributed by atoms with Crippen LogP contribution in [-0.2, 0) is 4.79 Å². The van der Waals surface area contributed by atoms with Crippen molar-refractivity contribution in [2.75, 3.05) is 49.5 Å². The first-order valence-corrected chi connectivity index (χ1v) is 12.4. The van der Waals surface area contributed by atoms with Crippen molar-refractivity contribution in [3.8, 4) is 11.1 Å². The van der Waals surface area contributed by atoms with Crippen LogP contribution in [0.3, 0.4) is 0 Å². The number of aromatic nitrogens is 1. The number of pyridine rings is 1. The molecule has 3 amide bonds. The minimum Gasteiger partial charge on any atom is -0.352 e. The fraction of sp³-hybridized carbons (Fsp3) is 0.519. The zero-order valence-electron chi connectivity index (χ0n) is 21.5. The third-order valence-corrected chi connectivity index (χ3v) is 6.65. The average molecular weight is 500 g/mol. The molecule has 2 aliphatic heterocycles. The van der Waals surface area contributed by atoms with E-state index in [9.17, 15) is 18.4 Å². The molecule has 1 unspecified atom stereocenters. The average Bonchev–Trinajstić information content (AvgIpc) is 3.18. The molecule has 0 radical (unpaired) electrons. The molecular formula is C27H35F2N5O2. The maximum Gasteiger partial charge on any atom is 0.322 e. The number of benzene rings is 1. The molecule has 2 aromatic rings. The molecule has 2 fully saturated rings. The van der Waals surface area contributed by atoms with Gasteiger partial charge in [0.15, 0.2) is 5.82 Å². The van der Waals surface area contributed by atoms with E-state index in [0.29, 0.717) is 68.2 Å². The molecule has 3 heterocycles. The lowest BCUT2D eigenvalue weighted by Crippen LogP contribution is -2.52. The number of hydrogen-bond donors (Lipinski definition) is 1. The lowest BCUT2D eigenvalue weighted by molar-refractivity contribution is -0.134. The normalized spacial score (nSPS) is 20.6. The second kappa shape index (κ2) is 10.0. The van der Waals surface area contributed by atoms with Gasteiger partial charge in [-0.25, -0.2) is 18.6 Å². The molecule has 0 spiro atoms. The standard InChI is InChI=1S/C27H35F2N5O2/c1-26(2,3)17-22(35)32-13-15-33(16-14-32)25(36)31-23-20(19-7-5-6-8-21(19)28)9-11-30-24(23)34-12-10-27(4,29)18-34/h5-9,11H,10,12-18H2,1-4H3,(H,31,36). The number of hydrogen-bond acceptors (Lipinski definition) is 4. The number of nitrogens with one attached hydrogen (secondary N) is 1. The summed E-state index contributed by atoms with van der Waals surface area (Å²) in [4.78, 5) is 35.6. The van der Waals surface area contributed by atoms with Gasteiger partial charge in [0.25, 0.3) is 0 Å². The first-order valence-electron chi connectivity index (χ1n) is 12.4. The zero-order valence-corrected chi connectivity index (χ0v) is 21.5. The molecule has 9 heteroatoms. The third-order valence-electron chi connectivity index (χ3n) is 6.65. The monoisotopic (exact) mass is 499 g/mol. The molecule has 2 saturated heterocycles. The largest absolute Gasteiger partial charge is 0.352 e. The second-order valence-corrected chi connectivity index (χ2v) is 11.2. The maximum atomic E-state index is 14.8. The Morgan fingerprint density at radius 3 is 2.31 bits per heavy atom. The van der Waals surface area contributed by atoms with Gasteiger partial charge in [-0.2, -0.15) is 0 Å². The number of halogens is 2. The molecule has 194 valence electrons. The van der Waals surface area contributed by atoms with Gasteiger partial charge in [-0.15, -0.1) is 0 Å². The SMILES string of the molecule is CC(C)(C)CC(=O)N1CCN(C(=O)Nc2c(-c3ccccc3F)ccnc2N2CCC(C)(F)C2)CC1. The van der Waals surface area contributed by atoms with E-state index in [4.69, 9.17) is 0 Å². The summed E-state index contributed by atoms with van der Waals surface area (Å²) in [6, 6.07) is 7.65. The predicted octanol–water partition coefficient (Wildman–Crippen LogP) is 4.94. The van der Waals surface area contributed by atoms with Gasteiger partial charge in [-0.05, 0) is 24.5 Å². The summed E-state index contributed by atoms with van der Waals surface area (Å²) in [5.41, 5.74) is -0.297. The van der Waals surface area contributed by atoms with Crippen LogP contribution in [0.1, 0.15) is 40.5 Å². The molecule has 1 aromatic heterocycles. The second-order valence-electron chi connectivity index (χ2n) is 11.2. The van der Waals surface area contributed by atoms with Crippen LogP contribution >= 0.6 is 0 Å². The van der Waals surface area contributed by atoms with E-state index in [1.165, 1.54) is 6.07 Å². The van der Waals surface area contributed by atoms with E-state index >= 15 is 0 Å². The Balaban J connectivity index is 1.56. The zero-order chi connectivity index (χ0) is 26.1. The smallest absolute Gasteiger partial charge is 0.322 e. The Morgan fingerprint density at radius 1 is 1.03 bits per heavy atom. The van der Waals surface area contributed by atoms with E-state index in [-0.39, 0.29) is 23.9 Å². The molecule has 0 aliphatic carbocycles. The van der Waals surface area contributed by atoms with Crippen molar-refractivity contribution < 1.29 is 18.4 Å². The van der Waals surface area contributed by atoms with Crippen LogP contribution in [0.25, 0.3) is 11.1 Å². The highest BCUT2D eigenvalue weighted by molar-refractivity contribution is 5.99. The van der Waals surface area contributed by atoms with Crippen LogP contribution in [-0.4, -0.2) is 71.7 Å². The summed E-state index contributed by atoms with van der Waals surface area (Å²) >= 11 is 0.